The molecule has 0 saturated heterocycles. The minimum absolute atomic E-state index is 0.169. The molecule has 2 aromatic carbocycles. The fourth-order valence-corrected chi connectivity index (χ4v) is 3.40. The molecule has 102 valence electrons. The van der Waals surface area contributed by atoms with E-state index in [0.717, 1.165) is 18.4 Å². The highest BCUT2D eigenvalue weighted by Crippen LogP contribution is 2.36. The second kappa shape index (κ2) is 5.16. The Hall–Kier alpha value is -1.44. The Balaban J connectivity index is 1.91. The van der Waals surface area contributed by atoms with Crippen LogP contribution in [0.1, 0.15) is 11.1 Å². The number of benzene rings is 2. The standard InChI is InChI=1S/C17H15Cl2N/c1-2-17(10-12-7-14(18)9-15(19)8-12)11-13-5-3-4-6-16(13)20-17/h2-9,20H,1,10-11H2/t17-/m0/s1. The summed E-state index contributed by atoms with van der Waals surface area (Å²) in [5.41, 5.74) is 3.45. The lowest BCUT2D eigenvalue weighted by Gasteiger charge is -2.26. The molecule has 1 aliphatic heterocycles. The normalized spacial score (nSPS) is 20.3. The van der Waals surface area contributed by atoms with Gasteiger partial charge in [0.1, 0.15) is 0 Å². The molecule has 1 atom stereocenters. The molecular formula is C17H15Cl2N. The van der Waals surface area contributed by atoms with E-state index < -0.39 is 0 Å². The molecule has 0 aromatic heterocycles. The van der Waals surface area contributed by atoms with Gasteiger partial charge in [0.25, 0.3) is 0 Å². The van der Waals surface area contributed by atoms with Crippen LogP contribution in [0.3, 0.4) is 0 Å². The van der Waals surface area contributed by atoms with E-state index >= 15 is 0 Å². The number of nitrogens with one attached hydrogen (secondary N) is 1. The number of para-hydroxylation sites is 1. The molecule has 0 saturated carbocycles. The van der Waals surface area contributed by atoms with E-state index in [1.165, 1.54) is 11.3 Å². The number of anilines is 1. The quantitative estimate of drug-likeness (QED) is 0.775. The third-order valence-corrected chi connectivity index (χ3v) is 4.18. The maximum absolute atomic E-state index is 6.08. The van der Waals surface area contributed by atoms with Crippen molar-refractivity contribution in [2.75, 3.05) is 5.32 Å². The molecule has 1 heterocycles. The summed E-state index contributed by atoms with van der Waals surface area (Å²) < 4.78 is 0. The Bertz CT molecular complexity index is 619. The lowest BCUT2D eigenvalue weighted by molar-refractivity contribution is 0.596. The highest BCUT2D eigenvalue weighted by Gasteiger charge is 2.33. The van der Waals surface area contributed by atoms with Gasteiger partial charge in [-0.2, -0.15) is 0 Å². The molecular weight excluding hydrogens is 289 g/mol. The average Bonchev–Trinajstić information content (AvgIpc) is 2.76. The molecule has 3 heteroatoms. The number of fused-ring (bicyclic) bond motifs is 1. The van der Waals surface area contributed by atoms with Gasteiger partial charge >= 0.3 is 0 Å². The predicted molar refractivity (Wildman–Crippen MR) is 86.9 cm³/mol. The average molecular weight is 304 g/mol. The number of halogens is 2. The summed E-state index contributed by atoms with van der Waals surface area (Å²) in [6, 6.07) is 14.0. The van der Waals surface area contributed by atoms with Crippen LogP contribution in [0.25, 0.3) is 0 Å². The zero-order chi connectivity index (χ0) is 14.2. The molecule has 0 radical (unpaired) electrons. The van der Waals surface area contributed by atoms with Crippen LogP contribution < -0.4 is 5.32 Å². The molecule has 20 heavy (non-hydrogen) atoms. The Kier molecular flexibility index (Phi) is 3.49. The molecule has 1 aliphatic rings. The Morgan fingerprint density at radius 3 is 2.50 bits per heavy atom. The van der Waals surface area contributed by atoms with Gasteiger partial charge in [-0.1, -0.05) is 47.5 Å². The van der Waals surface area contributed by atoms with Crippen LogP contribution in [0.4, 0.5) is 5.69 Å². The predicted octanol–water partition coefficient (Wildman–Crippen LogP) is 5.13. The van der Waals surface area contributed by atoms with E-state index in [1.54, 1.807) is 6.07 Å². The zero-order valence-electron chi connectivity index (χ0n) is 11.0. The minimum atomic E-state index is -0.169. The van der Waals surface area contributed by atoms with Gasteiger partial charge in [-0.3, -0.25) is 0 Å². The van der Waals surface area contributed by atoms with Crippen LogP contribution in [-0.4, -0.2) is 5.54 Å². The van der Waals surface area contributed by atoms with E-state index in [-0.39, 0.29) is 5.54 Å². The smallest absolute Gasteiger partial charge is 0.0634 e. The van der Waals surface area contributed by atoms with Gasteiger partial charge < -0.3 is 5.32 Å². The summed E-state index contributed by atoms with van der Waals surface area (Å²) in [5, 5.41) is 4.92. The molecule has 1 N–H and O–H groups in total. The topological polar surface area (TPSA) is 12.0 Å². The second-order valence-electron chi connectivity index (χ2n) is 5.27. The van der Waals surface area contributed by atoms with Crippen LogP contribution in [-0.2, 0) is 12.8 Å². The first-order chi connectivity index (χ1) is 9.60. The molecule has 3 rings (SSSR count). The van der Waals surface area contributed by atoms with Crippen molar-refractivity contribution in [3.8, 4) is 0 Å². The van der Waals surface area contributed by atoms with E-state index in [4.69, 9.17) is 23.2 Å². The monoisotopic (exact) mass is 303 g/mol. The summed E-state index contributed by atoms with van der Waals surface area (Å²) in [6.07, 6.45) is 3.73. The number of hydrogen-bond donors (Lipinski definition) is 1. The fraction of sp³-hybridized carbons (Fsp3) is 0.176. The van der Waals surface area contributed by atoms with Gasteiger partial charge in [0.15, 0.2) is 0 Å². The Morgan fingerprint density at radius 2 is 1.85 bits per heavy atom. The van der Waals surface area contributed by atoms with E-state index in [0.29, 0.717) is 10.0 Å². The molecule has 0 amide bonds. The van der Waals surface area contributed by atoms with Crippen LogP contribution >= 0.6 is 23.2 Å². The van der Waals surface area contributed by atoms with Gasteiger partial charge in [-0.05, 0) is 41.8 Å². The molecule has 0 spiro atoms. The van der Waals surface area contributed by atoms with Crippen molar-refractivity contribution in [2.45, 2.75) is 18.4 Å². The second-order valence-corrected chi connectivity index (χ2v) is 6.15. The van der Waals surface area contributed by atoms with Crippen LogP contribution in [0.2, 0.25) is 10.0 Å². The number of rotatable bonds is 3. The van der Waals surface area contributed by atoms with Crippen molar-refractivity contribution in [2.24, 2.45) is 0 Å². The Morgan fingerprint density at radius 1 is 1.15 bits per heavy atom. The first-order valence-electron chi connectivity index (χ1n) is 6.55. The molecule has 0 bridgehead atoms. The van der Waals surface area contributed by atoms with Gasteiger partial charge in [0, 0.05) is 22.2 Å². The largest absolute Gasteiger partial charge is 0.375 e. The van der Waals surface area contributed by atoms with E-state index in [9.17, 15) is 0 Å². The van der Waals surface area contributed by atoms with Crippen molar-refractivity contribution in [3.05, 3.63) is 76.3 Å². The van der Waals surface area contributed by atoms with Crippen LogP contribution in [0, 0.1) is 0 Å². The zero-order valence-corrected chi connectivity index (χ0v) is 12.5. The summed E-state index contributed by atoms with van der Waals surface area (Å²) >= 11 is 12.2. The van der Waals surface area contributed by atoms with Crippen molar-refractivity contribution in [1.29, 1.82) is 0 Å². The van der Waals surface area contributed by atoms with Crippen molar-refractivity contribution in [3.63, 3.8) is 0 Å². The third kappa shape index (κ3) is 2.56. The molecule has 0 fully saturated rings. The summed E-state index contributed by atoms with van der Waals surface area (Å²) in [7, 11) is 0. The van der Waals surface area contributed by atoms with Gasteiger partial charge in [-0.25, -0.2) is 0 Å². The summed E-state index contributed by atoms with van der Waals surface area (Å²) in [5.74, 6) is 0. The molecule has 0 aliphatic carbocycles. The minimum Gasteiger partial charge on any atom is -0.375 e. The highest BCUT2D eigenvalue weighted by atomic mass is 35.5. The van der Waals surface area contributed by atoms with E-state index in [2.05, 4.69) is 30.1 Å². The first-order valence-corrected chi connectivity index (χ1v) is 7.30. The first kappa shape index (κ1) is 13.5. The fourth-order valence-electron chi connectivity index (χ4n) is 2.83. The molecule has 0 unspecified atom stereocenters. The van der Waals surface area contributed by atoms with E-state index in [1.807, 2.05) is 24.3 Å². The van der Waals surface area contributed by atoms with Crippen LogP contribution in [0.15, 0.2) is 55.1 Å². The lowest BCUT2D eigenvalue weighted by Crippen LogP contribution is -2.36. The van der Waals surface area contributed by atoms with Crippen molar-refractivity contribution < 1.29 is 0 Å². The molecule has 1 nitrogen and oxygen atoms in total. The number of hydrogen-bond acceptors (Lipinski definition) is 1. The van der Waals surface area contributed by atoms with Gasteiger partial charge in [0.2, 0.25) is 0 Å². The van der Waals surface area contributed by atoms with Gasteiger partial charge in [0.05, 0.1) is 5.54 Å². The van der Waals surface area contributed by atoms with Crippen molar-refractivity contribution >= 4 is 28.9 Å². The van der Waals surface area contributed by atoms with Gasteiger partial charge in [-0.15, -0.1) is 6.58 Å². The maximum Gasteiger partial charge on any atom is 0.0634 e. The molecule has 2 aromatic rings. The van der Waals surface area contributed by atoms with Crippen molar-refractivity contribution in [1.82, 2.24) is 0 Å². The summed E-state index contributed by atoms with van der Waals surface area (Å²) in [6.45, 7) is 4.01. The third-order valence-electron chi connectivity index (χ3n) is 3.74. The SMILES string of the molecule is C=C[C@]1(Cc2cc(Cl)cc(Cl)c2)Cc2ccccc2N1. The summed E-state index contributed by atoms with van der Waals surface area (Å²) in [4.78, 5) is 0. The maximum atomic E-state index is 6.08. The highest BCUT2D eigenvalue weighted by molar-refractivity contribution is 6.34. The Labute approximate surface area is 129 Å². The van der Waals surface area contributed by atoms with Crippen LogP contribution in [0.5, 0.6) is 0 Å². The lowest BCUT2D eigenvalue weighted by atomic mass is 9.88.